The molecule has 0 aromatic heterocycles. The second-order valence-corrected chi connectivity index (χ2v) is 5.11. The van der Waals surface area contributed by atoms with Crippen LogP contribution in [0.2, 0.25) is 0 Å². The summed E-state index contributed by atoms with van der Waals surface area (Å²) in [6.45, 7) is 3.96. The van der Waals surface area contributed by atoms with E-state index in [-0.39, 0.29) is 12.8 Å². The number of amides is 2. The van der Waals surface area contributed by atoms with Crippen molar-refractivity contribution in [3.05, 3.63) is 24.3 Å². The van der Waals surface area contributed by atoms with Crippen molar-refractivity contribution >= 4 is 6.03 Å². The molecule has 1 aliphatic heterocycles. The Morgan fingerprint density at radius 2 is 2.15 bits per heavy atom. The summed E-state index contributed by atoms with van der Waals surface area (Å²) in [5.74, 6) is 1.86. The molecule has 0 saturated carbocycles. The number of nitrogens with zero attached hydrogens (tertiary/aromatic N) is 1. The van der Waals surface area contributed by atoms with Crippen molar-refractivity contribution in [2.75, 3.05) is 26.9 Å². The summed E-state index contributed by atoms with van der Waals surface area (Å²) in [5, 5.41) is 2.78. The fraction of sp³-hybridized carbons (Fsp3) is 0.533. The van der Waals surface area contributed by atoms with Gasteiger partial charge in [0.15, 0.2) is 18.2 Å². The maximum Gasteiger partial charge on any atom is 0.320 e. The first kappa shape index (κ1) is 14.5. The summed E-state index contributed by atoms with van der Waals surface area (Å²) in [5.41, 5.74) is 0. The van der Waals surface area contributed by atoms with Crippen molar-refractivity contribution in [1.29, 1.82) is 0 Å². The van der Waals surface area contributed by atoms with Crippen molar-refractivity contribution in [3.8, 4) is 11.5 Å². The van der Waals surface area contributed by atoms with E-state index in [0.29, 0.717) is 17.4 Å². The van der Waals surface area contributed by atoms with E-state index in [1.165, 1.54) is 6.42 Å². The summed E-state index contributed by atoms with van der Waals surface area (Å²) in [6, 6.07) is 7.31. The standard InChI is InChI=1S/C15H22N2O3/c1-12-6-5-9-17(10-12)15(18)16-11-20-14-8-4-3-7-13(14)19-2/h3-4,7-8,12H,5-6,9-11H2,1-2H3,(H,16,18). The van der Waals surface area contributed by atoms with Gasteiger partial charge in [-0.1, -0.05) is 19.1 Å². The molecule has 1 heterocycles. The van der Waals surface area contributed by atoms with Gasteiger partial charge in [-0.15, -0.1) is 0 Å². The van der Waals surface area contributed by atoms with Crippen LogP contribution in [-0.4, -0.2) is 37.9 Å². The third-order valence-corrected chi connectivity index (χ3v) is 3.46. The Morgan fingerprint density at radius 1 is 1.40 bits per heavy atom. The SMILES string of the molecule is COc1ccccc1OCNC(=O)N1CCCC(C)C1. The molecule has 5 nitrogen and oxygen atoms in total. The van der Waals surface area contributed by atoms with Crippen LogP contribution in [0.4, 0.5) is 4.79 Å². The minimum Gasteiger partial charge on any atom is -0.493 e. The Labute approximate surface area is 119 Å². The molecule has 0 spiro atoms. The van der Waals surface area contributed by atoms with E-state index in [2.05, 4.69) is 12.2 Å². The van der Waals surface area contributed by atoms with E-state index >= 15 is 0 Å². The first-order valence-electron chi connectivity index (χ1n) is 6.99. The number of carbonyl (C=O) groups excluding carboxylic acids is 1. The van der Waals surface area contributed by atoms with Gasteiger partial charge in [-0.3, -0.25) is 0 Å². The number of nitrogens with one attached hydrogen (secondary N) is 1. The number of hydrogen-bond donors (Lipinski definition) is 1. The van der Waals surface area contributed by atoms with E-state index < -0.39 is 0 Å². The molecule has 2 rings (SSSR count). The predicted octanol–water partition coefficient (Wildman–Crippen LogP) is 2.47. The Hall–Kier alpha value is -1.91. The summed E-state index contributed by atoms with van der Waals surface area (Å²) >= 11 is 0. The van der Waals surface area contributed by atoms with Gasteiger partial charge >= 0.3 is 6.03 Å². The number of rotatable bonds is 4. The third-order valence-electron chi connectivity index (χ3n) is 3.46. The van der Waals surface area contributed by atoms with Crippen LogP contribution >= 0.6 is 0 Å². The summed E-state index contributed by atoms with van der Waals surface area (Å²) in [6.07, 6.45) is 2.27. The molecule has 2 amide bonds. The Bertz CT molecular complexity index is 450. The molecule has 0 aliphatic carbocycles. The van der Waals surface area contributed by atoms with E-state index in [0.717, 1.165) is 19.5 Å². The van der Waals surface area contributed by atoms with Crippen LogP contribution in [0, 0.1) is 5.92 Å². The zero-order chi connectivity index (χ0) is 14.4. The van der Waals surface area contributed by atoms with Crippen LogP contribution in [0.5, 0.6) is 11.5 Å². The first-order chi connectivity index (χ1) is 9.70. The maximum absolute atomic E-state index is 12.0. The van der Waals surface area contributed by atoms with Crippen LogP contribution in [0.15, 0.2) is 24.3 Å². The molecule has 20 heavy (non-hydrogen) atoms. The summed E-state index contributed by atoms with van der Waals surface area (Å²) < 4.78 is 10.7. The van der Waals surface area contributed by atoms with Crippen molar-refractivity contribution in [3.63, 3.8) is 0 Å². The van der Waals surface area contributed by atoms with Crippen molar-refractivity contribution in [1.82, 2.24) is 10.2 Å². The fourth-order valence-corrected chi connectivity index (χ4v) is 2.40. The molecular formula is C15H22N2O3. The Morgan fingerprint density at radius 3 is 2.85 bits per heavy atom. The molecule has 1 fully saturated rings. The molecule has 1 aromatic carbocycles. The number of piperidine rings is 1. The van der Waals surface area contributed by atoms with Crippen LogP contribution in [0.25, 0.3) is 0 Å². The maximum atomic E-state index is 12.0. The number of ether oxygens (including phenoxy) is 2. The smallest absolute Gasteiger partial charge is 0.320 e. The molecule has 1 aliphatic rings. The highest BCUT2D eigenvalue weighted by atomic mass is 16.5. The predicted molar refractivity (Wildman–Crippen MR) is 77.0 cm³/mol. The van der Waals surface area contributed by atoms with Gasteiger partial charge in [0.25, 0.3) is 0 Å². The van der Waals surface area contributed by atoms with Gasteiger partial charge < -0.3 is 19.7 Å². The lowest BCUT2D eigenvalue weighted by atomic mass is 10.0. The van der Waals surface area contributed by atoms with E-state index in [9.17, 15) is 4.79 Å². The van der Waals surface area contributed by atoms with E-state index in [1.807, 2.05) is 29.2 Å². The average molecular weight is 278 g/mol. The van der Waals surface area contributed by atoms with Crippen LogP contribution in [0.1, 0.15) is 19.8 Å². The quantitative estimate of drug-likeness (QED) is 0.861. The Balaban J connectivity index is 1.79. The molecule has 0 bridgehead atoms. The van der Waals surface area contributed by atoms with Crippen LogP contribution in [0.3, 0.4) is 0 Å². The van der Waals surface area contributed by atoms with Gasteiger partial charge in [-0.05, 0) is 30.9 Å². The van der Waals surface area contributed by atoms with Gasteiger partial charge in [0.05, 0.1) is 7.11 Å². The minimum atomic E-state index is -0.0635. The number of urea groups is 1. The number of methoxy groups -OCH3 is 1. The molecule has 5 heteroatoms. The number of likely N-dealkylation sites (tertiary alicyclic amines) is 1. The fourth-order valence-electron chi connectivity index (χ4n) is 2.40. The molecule has 0 radical (unpaired) electrons. The topological polar surface area (TPSA) is 50.8 Å². The van der Waals surface area contributed by atoms with Crippen LogP contribution in [-0.2, 0) is 0 Å². The third kappa shape index (κ3) is 3.79. The lowest BCUT2D eigenvalue weighted by Gasteiger charge is -2.30. The van der Waals surface area contributed by atoms with Gasteiger partial charge in [-0.25, -0.2) is 4.79 Å². The molecular weight excluding hydrogens is 256 g/mol. The highest BCUT2D eigenvalue weighted by Gasteiger charge is 2.20. The minimum absolute atomic E-state index is 0.0635. The first-order valence-corrected chi connectivity index (χ1v) is 6.99. The van der Waals surface area contributed by atoms with Crippen molar-refractivity contribution in [2.24, 2.45) is 5.92 Å². The summed E-state index contributed by atoms with van der Waals surface area (Å²) in [4.78, 5) is 13.8. The van der Waals surface area contributed by atoms with Gasteiger partial charge in [0.2, 0.25) is 0 Å². The average Bonchev–Trinajstić information content (AvgIpc) is 2.47. The lowest BCUT2D eigenvalue weighted by molar-refractivity contribution is 0.159. The number of carbonyl (C=O) groups is 1. The van der Waals surface area contributed by atoms with E-state index in [1.54, 1.807) is 7.11 Å². The van der Waals surface area contributed by atoms with Crippen LogP contribution < -0.4 is 14.8 Å². The molecule has 1 unspecified atom stereocenters. The second-order valence-electron chi connectivity index (χ2n) is 5.11. The summed E-state index contributed by atoms with van der Waals surface area (Å²) in [7, 11) is 1.59. The number of benzene rings is 1. The zero-order valence-corrected chi connectivity index (χ0v) is 12.1. The normalized spacial score (nSPS) is 18.5. The van der Waals surface area contributed by atoms with Gasteiger partial charge in [-0.2, -0.15) is 0 Å². The number of para-hydroxylation sites is 2. The largest absolute Gasteiger partial charge is 0.493 e. The van der Waals surface area contributed by atoms with Crippen molar-refractivity contribution < 1.29 is 14.3 Å². The zero-order valence-electron chi connectivity index (χ0n) is 12.1. The molecule has 1 N–H and O–H groups in total. The molecule has 1 saturated heterocycles. The lowest BCUT2D eigenvalue weighted by Crippen LogP contribution is -2.46. The highest BCUT2D eigenvalue weighted by Crippen LogP contribution is 2.25. The molecule has 1 aromatic rings. The number of hydrogen-bond acceptors (Lipinski definition) is 3. The van der Waals surface area contributed by atoms with E-state index in [4.69, 9.17) is 9.47 Å². The van der Waals surface area contributed by atoms with Gasteiger partial charge in [0.1, 0.15) is 0 Å². The second kappa shape index (κ2) is 7.03. The van der Waals surface area contributed by atoms with Crippen molar-refractivity contribution in [2.45, 2.75) is 19.8 Å². The monoisotopic (exact) mass is 278 g/mol. The molecule has 110 valence electrons. The Kier molecular flexibility index (Phi) is 5.09. The molecule has 1 atom stereocenters. The highest BCUT2D eigenvalue weighted by molar-refractivity contribution is 5.74. The van der Waals surface area contributed by atoms with Gasteiger partial charge in [0, 0.05) is 13.1 Å².